The van der Waals surface area contributed by atoms with Crippen LogP contribution in [0.1, 0.15) is 30.7 Å². The molecule has 3 heterocycles. The van der Waals surface area contributed by atoms with Crippen LogP contribution in [0.2, 0.25) is 0 Å². The van der Waals surface area contributed by atoms with Gasteiger partial charge in [0.15, 0.2) is 0 Å². The molecule has 2 aliphatic heterocycles. The van der Waals surface area contributed by atoms with Gasteiger partial charge in [-0.1, -0.05) is 23.2 Å². The summed E-state index contributed by atoms with van der Waals surface area (Å²) in [6.45, 7) is 5.06. The van der Waals surface area contributed by atoms with Gasteiger partial charge in [-0.2, -0.15) is 0 Å². The SMILES string of the molecule is C#C.C=C=O.CSN.Cc1cnc(C2(CF)CC(N3CCCC3)=NO2)c(-c2c(F)cccc2F)n1. The van der Waals surface area contributed by atoms with Crippen LogP contribution in [0.15, 0.2) is 36.1 Å². The average Bonchev–Trinajstić information content (AvgIpc) is 3.52. The van der Waals surface area contributed by atoms with E-state index in [9.17, 15) is 13.2 Å². The van der Waals surface area contributed by atoms with E-state index in [0.29, 0.717) is 11.5 Å². The molecule has 1 aromatic carbocycles. The molecule has 2 aliphatic rings. The molecule has 2 N–H and O–H groups in total. The smallest absolute Gasteiger partial charge is 0.216 e. The number of halogens is 3. The fraction of sp³-hybridized carbons (Fsp3) is 0.375. The summed E-state index contributed by atoms with van der Waals surface area (Å²) in [7, 11) is 0. The summed E-state index contributed by atoms with van der Waals surface area (Å²) in [5, 5.41) is 8.83. The Labute approximate surface area is 207 Å². The van der Waals surface area contributed by atoms with Gasteiger partial charge in [0.25, 0.3) is 0 Å². The van der Waals surface area contributed by atoms with E-state index >= 15 is 0 Å². The van der Waals surface area contributed by atoms with Crippen molar-refractivity contribution >= 4 is 23.7 Å². The molecular weight excluding hydrogens is 479 g/mol. The standard InChI is InChI=1S/C19H19F3N4O.C2H2O.C2H2.CH5NS/c1-12-10-23-18(17(24-12)16-13(21)5-4-6-14(16)22)19(11-20)9-15(25-27-19)26-7-2-3-8-26;1-2-3;1-2;1-3-2/h4-6,10H,2-3,7-9,11H2,1H3;1H2;1-2H;2H2,1H3. The Bertz CT molecular complexity index is 1030. The zero-order valence-corrected chi connectivity index (χ0v) is 20.5. The highest BCUT2D eigenvalue weighted by atomic mass is 32.2. The normalized spacial score (nSPS) is 17.8. The predicted molar refractivity (Wildman–Crippen MR) is 133 cm³/mol. The Hall–Kier alpha value is -3.32. The zero-order valence-electron chi connectivity index (χ0n) is 19.6. The van der Waals surface area contributed by atoms with Crippen molar-refractivity contribution in [2.24, 2.45) is 10.3 Å². The molecule has 0 amide bonds. The Kier molecular flexibility index (Phi) is 12.6. The summed E-state index contributed by atoms with van der Waals surface area (Å²) >= 11 is 1.25. The number of carbonyl (C=O) groups excluding carboxylic acids is 1. The number of aromatic nitrogens is 2. The maximum Gasteiger partial charge on any atom is 0.216 e. The highest BCUT2D eigenvalue weighted by molar-refractivity contribution is 7.96. The molecule has 35 heavy (non-hydrogen) atoms. The lowest BCUT2D eigenvalue weighted by atomic mass is 9.91. The van der Waals surface area contributed by atoms with Gasteiger partial charge in [-0.05, 0) is 44.7 Å². The first-order valence-corrected chi connectivity index (χ1v) is 11.7. The number of likely N-dealkylation sites (tertiary alicyclic amines) is 1. The minimum absolute atomic E-state index is 0.0533. The van der Waals surface area contributed by atoms with E-state index in [2.05, 4.69) is 34.5 Å². The number of terminal acetylenes is 1. The van der Waals surface area contributed by atoms with Crippen LogP contribution in [-0.2, 0) is 15.2 Å². The second-order valence-corrected chi connectivity index (χ2v) is 7.75. The number of rotatable bonds is 3. The van der Waals surface area contributed by atoms with E-state index in [-0.39, 0.29) is 23.4 Å². The third-order valence-corrected chi connectivity index (χ3v) is 4.98. The van der Waals surface area contributed by atoms with Crippen LogP contribution in [0.4, 0.5) is 13.2 Å². The summed E-state index contributed by atoms with van der Waals surface area (Å²) in [5.74, 6) is 0.306. The monoisotopic (exact) mass is 507 g/mol. The van der Waals surface area contributed by atoms with Gasteiger partial charge >= 0.3 is 0 Å². The molecule has 4 rings (SSSR count). The summed E-state index contributed by atoms with van der Waals surface area (Å²) in [5.41, 5.74) is -1.42. The van der Waals surface area contributed by atoms with Crippen LogP contribution >= 0.6 is 11.9 Å². The zero-order chi connectivity index (χ0) is 26.4. The Morgan fingerprint density at radius 2 is 1.83 bits per heavy atom. The lowest BCUT2D eigenvalue weighted by Gasteiger charge is -2.25. The van der Waals surface area contributed by atoms with Crippen molar-refractivity contribution in [2.75, 3.05) is 26.0 Å². The third-order valence-electron chi connectivity index (χ3n) is 4.98. The van der Waals surface area contributed by atoms with E-state index in [1.165, 1.54) is 30.2 Å². The van der Waals surface area contributed by atoms with Gasteiger partial charge in [-0.3, -0.25) is 10.1 Å². The molecule has 1 atom stereocenters. The van der Waals surface area contributed by atoms with Crippen molar-refractivity contribution in [3.63, 3.8) is 0 Å². The minimum atomic E-state index is -1.54. The van der Waals surface area contributed by atoms with E-state index < -0.39 is 23.9 Å². The molecule has 0 aliphatic carbocycles. The molecule has 2 aromatic rings. The molecule has 0 bridgehead atoms. The number of nitrogens with two attached hydrogens (primary N) is 1. The van der Waals surface area contributed by atoms with Gasteiger partial charge in [-0.25, -0.2) is 22.9 Å². The number of benzene rings is 1. The van der Waals surface area contributed by atoms with E-state index in [1.54, 1.807) is 6.92 Å². The number of amidine groups is 1. The van der Waals surface area contributed by atoms with Crippen molar-refractivity contribution in [1.82, 2.24) is 14.9 Å². The summed E-state index contributed by atoms with van der Waals surface area (Å²) < 4.78 is 43.0. The number of hydrogen-bond donors (Lipinski definition) is 1. The lowest BCUT2D eigenvalue weighted by molar-refractivity contribution is -0.0437. The van der Waals surface area contributed by atoms with Crippen LogP contribution in [-0.4, -0.2) is 52.7 Å². The van der Waals surface area contributed by atoms with Crippen molar-refractivity contribution < 1.29 is 22.8 Å². The van der Waals surface area contributed by atoms with Gasteiger partial charge in [0.1, 0.15) is 41.5 Å². The highest BCUT2D eigenvalue weighted by Gasteiger charge is 2.47. The number of aryl methyl sites for hydroxylation is 1. The largest absolute Gasteiger partial charge is 0.378 e. The summed E-state index contributed by atoms with van der Waals surface area (Å²) in [4.78, 5) is 24.7. The molecule has 11 heteroatoms. The maximum absolute atomic E-state index is 14.4. The molecule has 1 aromatic heterocycles. The first-order chi connectivity index (χ1) is 16.9. The molecule has 0 saturated carbocycles. The van der Waals surface area contributed by atoms with Gasteiger partial charge in [0, 0.05) is 19.3 Å². The fourth-order valence-electron chi connectivity index (χ4n) is 3.58. The van der Waals surface area contributed by atoms with E-state index in [1.807, 2.05) is 11.2 Å². The Balaban J connectivity index is 0.000000683. The van der Waals surface area contributed by atoms with E-state index in [0.717, 1.165) is 38.1 Å². The van der Waals surface area contributed by atoms with Crippen molar-refractivity contribution in [2.45, 2.75) is 31.8 Å². The molecule has 7 nitrogen and oxygen atoms in total. The molecule has 1 saturated heterocycles. The van der Waals surface area contributed by atoms with Gasteiger partial charge in [0.2, 0.25) is 5.60 Å². The second-order valence-electron chi connectivity index (χ2n) is 7.28. The lowest BCUT2D eigenvalue weighted by Crippen LogP contribution is -2.35. The van der Waals surface area contributed by atoms with Crippen LogP contribution in [0.25, 0.3) is 11.3 Å². The molecular formula is C24H28F3N5O2S. The van der Waals surface area contributed by atoms with Crippen molar-refractivity contribution in [3.8, 4) is 24.1 Å². The molecule has 0 radical (unpaired) electrons. The minimum Gasteiger partial charge on any atom is -0.378 e. The van der Waals surface area contributed by atoms with Crippen molar-refractivity contribution in [1.29, 1.82) is 0 Å². The van der Waals surface area contributed by atoms with Gasteiger partial charge < -0.3 is 9.74 Å². The number of alkyl halides is 1. The number of oxime groups is 1. The van der Waals surface area contributed by atoms with Crippen LogP contribution in [0.3, 0.4) is 0 Å². The molecule has 0 spiro atoms. The quantitative estimate of drug-likeness (QED) is 0.378. The van der Waals surface area contributed by atoms with Gasteiger partial charge in [-0.15, -0.1) is 12.8 Å². The fourth-order valence-corrected chi connectivity index (χ4v) is 3.58. The van der Waals surface area contributed by atoms with Crippen molar-refractivity contribution in [3.05, 3.63) is 54.0 Å². The van der Waals surface area contributed by atoms with Crippen LogP contribution in [0.5, 0.6) is 0 Å². The molecule has 1 fully saturated rings. The highest BCUT2D eigenvalue weighted by Crippen LogP contribution is 2.41. The van der Waals surface area contributed by atoms with Crippen LogP contribution < -0.4 is 5.14 Å². The summed E-state index contributed by atoms with van der Waals surface area (Å²) in [6, 6.07) is 3.54. The maximum atomic E-state index is 14.4. The van der Waals surface area contributed by atoms with E-state index in [4.69, 9.17) is 14.8 Å². The summed E-state index contributed by atoms with van der Waals surface area (Å²) in [6.07, 6.45) is 13.5. The number of hydrogen-bond acceptors (Lipinski definition) is 8. The molecule has 1 unspecified atom stereocenters. The van der Waals surface area contributed by atoms with Crippen LogP contribution in [0, 0.1) is 31.4 Å². The second kappa shape index (κ2) is 14.8. The third kappa shape index (κ3) is 7.33. The topological polar surface area (TPSA) is 93.7 Å². The number of nitrogens with zero attached hydrogens (tertiary/aromatic N) is 4. The molecule has 188 valence electrons. The predicted octanol–water partition coefficient (Wildman–Crippen LogP) is 4.20. The Morgan fingerprint density at radius 1 is 1.29 bits per heavy atom. The Morgan fingerprint density at radius 3 is 2.34 bits per heavy atom. The first-order valence-electron chi connectivity index (χ1n) is 10.4. The average molecular weight is 508 g/mol. The van der Waals surface area contributed by atoms with Gasteiger partial charge in [0.05, 0.1) is 17.7 Å². The first kappa shape index (κ1) is 29.7.